The highest BCUT2D eigenvalue weighted by molar-refractivity contribution is 5.97. The predicted molar refractivity (Wildman–Crippen MR) is 83.0 cm³/mol. The average Bonchev–Trinajstić information content (AvgIpc) is 2.59. The lowest BCUT2D eigenvalue weighted by Crippen LogP contribution is -2.34. The molecule has 4 heteroatoms. The van der Waals surface area contributed by atoms with Gasteiger partial charge in [-0.25, -0.2) is 4.79 Å². The first-order chi connectivity index (χ1) is 10.7. The number of amides is 1. The Kier molecular flexibility index (Phi) is 4.94. The molecule has 0 saturated heterocycles. The Morgan fingerprint density at radius 2 is 1.73 bits per heavy atom. The summed E-state index contributed by atoms with van der Waals surface area (Å²) in [7, 11) is 1.28. The van der Waals surface area contributed by atoms with Gasteiger partial charge >= 0.3 is 5.97 Å². The van der Waals surface area contributed by atoms with Crippen LogP contribution in [0.2, 0.25) is 0 Å². The lowest BCUT2D eigenvalue weighted by atomic mass is 10.1. The van der Waals surface area contributed by atoms with E-state index < -0.39 is 12.0 Å². The monoisotopic (exact) mass is 293 g/mol. The molecule has 1 N–H and O–H groups in total. The summed E-state index contributed by atoms with van der Waals surface area (Å²) in [6.07, 6.45) is 5.28. The van der Waals surface area contributed by atoms with Crippen molar-refractivity contribution in [2.45, 2.75) is 6.04 Å². The summed E-state index contributed by atoms with van der Waals surface area (Å²) in [4.78, 5) is 24.2. The van der Waals surface area contributed by atoms with E-state index in [0.29, 0.717) is 16.7 Å². The maximum Gasteiger partial charge on any atom is 0.333 e. The normalized spacial score (nSPS) is 11.1. The van der Waals surface area contributed by atoms with Gasteiger partial charge < -0.3 is 10.1 Å². The van der Waals surface area contributed by atoms with E-state index in [2.05, 4.69) is 11.2 Å². The average molecular weight is 293 g/mol. The Labute approximate surface area is 129 Å². The van der Waals surface area contributed by atoms with Crippen LogP contribution < -0.4 is 5.32 Å². The molecule has 0 spiro atoms. The van der Waals surface area contributed by atoms with Crippen LogP contribution in [0.4, 0.5) is 0 Å². The molecule has 1 amide bonds. The molecule has 0 fully saturated rings. The molecule has 2 aromatic rings. The number of benzene rings is 2. The van der Waals surface area contributed by atoms with Gasteiger partial charge in [-0.3, -0.25) is 4.79 Å². The van der Waals surface area contributed by atoms with Crippen LogP contribution in [-0.2, 0) is 9.53 Å². The summed E-state index contributed by atoms with van der Waals surface area (Å²) in [6.45, 7) is 0. The van der Waals surface area contributed by atoms with E-state index >= 15 is 0 Å². The van der Waals surface area contributed by atoms with Gasteiger partial charge in [0.2, 0.25) is 0 Å². The number of terminal acetylenes is 1. The minimum Gasteiger partial charge on any atom is -0.467 e. The number of methoxy groups -OCH3 is 1. The number of carbonyl (C=O) groups excluding carboxylic acids is 2. The van der Waals surface area contributed by atoms with E-state index in [1.54, 1.807) is 48.5 Å². The molecule has 110 valence electrons. The zero-order valence-electron chi connectivity index (χ0n) is 12.1. The summed E-state index contributed by atoms with van der Waals surface area (Å²) in [6, 6.07) is 14.6. The number of ether oxygens (including phenoxy) is 1. The predicted octanol–water partition coefficient (Wildman–Crippen LogP) is 2.31. The van der Waals surface area contributed by atoms with Crippen LogP contribution in [0.3, 0.4) is 0 Å². The standard InChI is InChI=1S/C18H15NO3/c1-3-13-9-11-15(12-10-13)17(20)19-16(18(21)22-2)14-7-5-4-6-8-14/h1,4-12,16H,2H3,(H,19,20)/t16-/m1/s1. The summed E-state index contributed by atoms with van der Waals surface area (Å²) in [5, 5.41) is 2.67. The molecule has 0 unspecified atom stereocenters. The van der Waals surface area contributed by atoms with Crippen LogP contribution in [0.15, 0.2) is 54.6 Å². The molecule has 1 atom stereocenters. The molecular formula is C18H15NO3. The van der Waals surface area contributed by atoms with Crippen molar-refractivity contribution in [3.05, 3.63) is 71.3 Å². The number of nitrogens with one attached hydrogen (secondary N) is 1. The first kappa shape index (κ1) is 15.3. The maximum atomic E-state index is 12.3. The second-order valence-electron chi connectivity index (χ2n) is 4.56. The van der Waals surface area contributed by atoms with Crippen molar-refractivity contribution in [3.63, 3.8) is 0 Å². The van der Waals surface area contributed by atoms with E-state index in [1.165, 1.54) is 7.11 Å². The summed E-state index contributed by atoms with van der Waals surface area (Å²) >= 11 is 0. The van der Waals surface area contributed by atoms with Crippen LogP contribution in [-0.4, -0.2) is 19.0 Å². The largest absolute Gasteiger partial charge is 0.467 e. The molecule has 0 saturated carbocycles. The second-order valence-corrected chi connectivity index (χ2v) is 4.56. The third-order valence-corrected chi connectivity index (χ3v) is 3.16. The van der Waals surface area contributed by atoms with Crippen molar-refractivity contribution in [2.75, 3.05) is 7.11 Å². The van der Waals surface area contributed by atoms with E-state index in [9.17, 15) is 9.59 Å². The number of carbonyl (C=O) groups is 2. The number of hydrogen-bond donors (Lipinski definition) is 1. The van der Waals surface area contributed by atoms with Crippen LogP contribution >= 0.6 is 0 Å². The van der Waals surface area contributed by atoms with E-state index in [0.717, 1.165) is 0 Å². The van der Waals surface area contributed by atoms with Gasteiger partial charge in [0.15, 0.2) is 6.04 Å². The fourth-order valence-electron chi connectivity index (χ4n) is 1.97. The number of hydrogen-bond acceptors (Lipinski definition) is 3. The quantitative estimate of drug-likeness (QED) is 0.695. The maximum absolute atomic E-state index is 12.3. The first-order valence-electron chi connectivity index (χ1n) is 6.66. The summed E-state index contributed by atoms with van der Waals surface area (Å²) in [5.74, 6) is 1.58. The fraction of sp³-hybridized carbons (Fsp3) is 0.111. The Morgan fingerprint density at radius 1 is 1.09 bits per heavy atom. The lowest BCUT2D eigenvalue weighted by molar-refractivity contribution is -0.143. The summed E-state index contributed by atoms with van der Waals surface area (Å²) < 4.78 is 4.76. The van der Waals surface area contributed by atoms with Crippen molar-refractivity contribution in [3.8, 4) is 12.3 Å². The molecule has 0 aliphatic carbocycles. The van der Waals surface area contributed by atoms with E-state index in [1.807, 2.05) is 6.07 Å². The first-order valence-corrected chi connectivity index (χ1v) is 6.66. The molecule has 0 aliphatic heterocycles. The smallest absolute Gasteiger partial charge is 0.333 e. The lowest BCUT2D eigenvalue weighted by Gasteiger charge is -2.17. The van der Waals surface area contributed by atoms with E-state index in [-0.39, 0.29) is 5.91 Å². The van der Waals surface area contributed by atoms with Gasteiger partial charge in [0, 0.05) is 11.1 Å². The molecule has 4 nitrogen and oxygen atoms in total. The fourth-order valence-corrected chi connectivity index (χ4v) is 1.97. The van der Waals surface area contributed by atoms with E-state index in [4.69, 9.17) is 11.2 Å². The highest BCUT2D eigenvalue weighted by Crippen LogP contribution is 2.15. The molecule has 0 bridgehead atoms. The molecule has 0 aromatic heterocycles. The van der Waals surface area contributed by atoms with Crippen LogP contribution in [0.25, 0.3) is 0 Å². The molecule has 0 radical (unpaired) electrons. The Bertz CT molecular complexity index is 699. The third kappa shape index (κ3) is 3.53. The van der Waals surface area contributed by atoms with Crippen molar-refractivity contribution < 1.29 is 14.3 Å². The van der Waals surface area contributed by atoms with Gasteiger partial charge in [-0.05, 0) is 29.8 Å². The van der Waals surface area contributed by atoms with Crippen molar-refractivity contribution in [1.82, 2.24) is 5.32 Å². The van der Waals surface area contributed by atoms with Crippen molar-refractivity contribution in [1.29, 1.82) is 0 Å². The SMILES string of the molecule is C#Cc1ccc(C(=O)N[C@@H](C(=O)OC)c2ccccc2)cc1. The zero-order chi connectivity index (χ0) is 15.9. The Morgan fingerprint density at radius 3 is 2.27 bits per heavy atom. The second kappa shape index (κ2) is 7.09. The van der Waals surface area contributed by atoms with Gasteiger partial charge in [-0.15, -0.1) is 6.42 Å². The minimum atomic E-state index is -0.856. The molecule has 2 aromatic carbocycles. The molecular weight excluding hydrogens is 278 g/mol. The van der Waals surface area contributed by atoms with Gasteiger partial charge in [0.1, 0.15) is 0 Å². The topological polar surface area (TPSA) is 55.4 Å². The highest BCUT2D eigenvalue weighted by Gasteiger charge is 2.23. The number of rotatable bonds is 4. The third-order valence-electron chi connectivity index (χ3n) is 3.16. The van der Waals surface area contributed by atoms with Crippen molar-refractivity contribution >= 4 is 11.9 Å². The highest BCUT2D eigenvalue weighted by atomic mass is 16.5. The number of esters is 1. The van der Waals surface area contributed by atoms with Gasteiger partial charge in [0.05, 0.1) is 7.11 Å². The van der Waals surface area contributed by atoms with Crippen molar-refractivity contribution in [2.24, 2.45) is 0 Å². The Balaban J connectivity index is 2.21. The van der Waals surface area contributed by atoms with Gasteiger partial charge in [-0.1, -0.05) is 36.3 Å². The van der Waals surface area contributed by atoms with Crippen LogP contribution in [0, 0.1) is 12.3 Å². The molecule has 22 heavy (non-hydrogen) atoms. The minimum absolute atomic E-state index is 0.372. The van der Waals surface area contributed by atoms with Gasteiger partial charge in [-0.2, -0.15) is 0 Å². The molecule has 2 rings (SSSR count). The summed E-state index contributed by atoms with van der Waals surface area (Å²) in [5.41, 5.74) is 1.76. The van der Waals surface area contributed by atoms with Crippen LogP contribution in [0.1, 0.15) is 27.5 Å². The Hall–Kier alpha value is -3.06. The van der Waals surface area contributed by atoms with Gasteiger partial charge in [0.25, 0.3) is 5.91 Å². The molecule has 0 aliphatic rings. The van der Waals surface area contributed by atoms with Crippen LogP contribution in [0.5, 0.6) is 0 Å². The zero-order valence-corrected chi connectivity index (χ0v) is 12.1. The molecule has 0 heterocycles.